The fourth-order valence-corrected chi connectivity index (χ4v) is 2.61. The summed E-state index contributed by atoms with van der Waals surface area (Å²) < 4.78 is 0. The smallest absolute Gasteiger partial charge is 0.0711 e. The van der Waals surface area contributed by atoms with Crippen molar-refractivity contribution in [3.63, 3.8) is 0 Å². The average Bonchev–Trinajstić information content (AvgIpc) is 2.84. The summed E-state index contributed by atoms with van der Waals surface area (Å²) in [5, 5.41) is 0. The van der Waals surface area contributed by atoms with Gasteiger partial charge in [-0.3, -0.25) is 4.99 Å². The molecule has 60 valence electrons. The maximum atomic E-state index is 5.77. The van der Waals surface area contributed by atoms with Crippen molar-refractivity contribution in [3.05, 3.63) is 0 Å². The van der Waals surface area contributed by atoms with Crippen LogP contribution in [-0.4, -0.2) is 17.8 Å². The van der Waals surface area contributed by atoms with E-state index in [2.05, 4.69) is 11.9 Å². The van der Waals surface area contributed by atoms with E-state index in [0.29, 0.717) is 11.0 Å². The van der Waals surface area contributed by atoms with E-state index in [1.807, 2.05) is 0 Å². The number of hydrogen-bond acceptors (Lipinski definition) is 2. The molecule has 2 atom stereocenters. The molecule has 2 fully saturated rings. The predicted molar refractivity (Wildman–Crippen MR) is 44.7 cm³/mol. The number of aliphatic imine (C=N–C) groups is 1. The minimum Gasteiger partial charge on any atom is -0.329 e. The first-order chi connectivity index (χ1) is 5.22. The summed E-state index contributed by atoms with van der Waals surface area (Å²) in [6.45, 7) is 3.07. The van der Waals surface area contributed by atoms with E-state index >= 15 is 0 Å². The van der Waals surface area contributed by atoms with Gasteiger partial charge in [0.25, 0.3) is 0 Å². The number of nitrogens with zero attached hydrogens (tertiary/aromatic N) is 1. The Hall–Kier alpha value is -0.370. The molecule has 1 heterocycles. The monoisotopic (exact) mass is 150 g/mol. The maximum Gasteiger partial charge on any atom is 0.0711 e. The van der Waals surface area contributed by atoms with Gasteiger partial charge in [-0.15, -0.1) is 0 Å². The van der Waals surface area contributed by atoms with Crippen LogP contribution in [0.5, 0.6) is 0 Å². The molecule has 2 saturated carbocycles. The molecule has 0 spiro atoms. The summed E-state index contributed by atoms with van der Waals surface area (Å²) in [6.07, 6.45) is 3.98. The Bertz CT molecular complexity index is 254. The van der Waals surface area contributed by atoms with Crippen LogP contribution >= 0.6 is 0 Å². The van der Waals surface area contributed by atoms with Gasteiger partial charge in [0.2, 0.25) is 0 Å². The highest BCUT2D eigenvalue weighted by atomic mass is 15.1. The Morgan fingerprint density at radius 2 is 2.36 bits per heavy atom. The molecule has 11 heavy (non-hydrogen) atoms. The molecule has 1 aliphatic heterocycles. The van der Waals surface area contributed by atoms with Gasteiger partial charge >= 0.3 is 0 Å². The Morgan fingerprint density at radius 3 is 2.73 bits per heavy atom. The largest absolute Gasteiger partial charge is 0.329 e. The van der Waals surface area contributed by atoms with E-state index in [-0.39, 0.29) is 0 Å². The van der Waals surface area contributed by atoms with Gasteiger partial charge in [0, 0.05) is 17.7 Å². The van der Waals surface area contributed by atoms with Gasteiger partial charge in [-0.25, -0.2) is 0 Å². The van der Waals surface area contributed by atoms with Crippen LogP contribution < -0.4 is 5.73 Å². The summed E-state index contributed by atoms with van der Waals surface area (Å²) in [4.78, 5) is 4.67. The van der Waals surface area contributed by atoms with Gasteiger partial charge in [-0.05, 0) is 32.1 Å². The molecule has 0 aromatic carbocycles. The highest BCUT2D eigenvalue weighted by Crippen LogP contribution is 2.69. The second kappa shape index (κ2) is 1.40. The Balaban J connectivity index is 1.93. The van der Waals surface area contributed by atoms with Crippen LogP contribution in [-0.2, 0) is 0 Å². The van der Waals surface area contributed by atoms with Crippen molar-refractivity contribution in [2.24, 2.45) is 22.1 Å². The van der Waals surface area contributed by atoms with Crippen LogP contribution in [0.25, 0.3) is 0 Å². The summed E-state index contributed by atoms with van der Waals surface area (Å²) in [5.74, 6) is 0.842. The standard InChI is InChI=1S/C9H14N2/c1-8-4-9(8,5-10)7(11-8)6-2-3-6/h6H,2-5,10H2,1H3/t8-,9?/m1/s1. The van der Waals surface area contributed by atoms with Gasteiger partial charge in [-0.2, -0.15) is 0 Å². The second-order valence-electron chi connectivity index (χ2n) is 4.51. The summed E-state index contributed by atoms with van der Waals surface area (Å²) in [7, 11) is 0. The first-order valence-electron chi connectivity index (χ1n) is 4.52. The molecular weight excluding hydrogens is 136 g/mol. The highest BCUT2D eigenvalue weighted by molar-refractivity contribution is 6.04. The van der Waals surface area contributed by atoms with Gasteiger partial charge < -0.3 is 5.73 Å². The molecule has 3 aliphatic rings. The zero-order valence-electron chi connectivity index (χ0n) is 6.93. The molecule has 2 N–H and O–H groups in total. The normalized spacial score (nSPS) is 52.7. The van der Waals surface area contributed by atoms with Crippen LogP contribution in [0.15, 0.2) is 4.99 Å². The second-order valence-corrected chi connectivity index (χ2v) is 4.51. The quantitative estimate of drug-likeness (QED) is 0.625. The minimum atomic E-state index is 0.291. The third-order valence-electron chi connectivity index (χ3n) is 3.72. The molecule has 0 amide bonds. The Labute approximate surface area is 66.9 Å². The topological polar surface area (TPSA) is 38.4 Å². The molecule has 2 heteroatoms. The van der Waals surface area contributed by atoms with E-state index < -0.39 is 0 Å². The van der Waals surface area contributed by atoms with Crippen molar-refractivity contribution in [1.29, 1.82) is 0 Å². The minimum absolute atomic E-state index is 0.291. The average molecular weight is 150 g/mol. The molecular formula is C9H14N2. The van der Waals surface area contributed by atoms with E-state index in [1.54, 1.807) is 0 Å². The van der Waals surface area contributed by atoms with Gasteiger partial charge in [0.1, 0.15) is 0 Å². The fraction of sp³-hybridized carbons (Fsp3) is 0.889. The molecule has 0 radical (unpaired) electrons. The first-order valence-corrected chi connectivity index (χ1v) is 4.52. The number of nitrogens with two attached hydrogens (primary N) is 1. The van der Waals surface area contributed by atoms with Crippen molar-refractivity contribution in [2.75, 3.05) is 6.54 Å². The van der Waals surface area contributed by atoms with Gasteiger partial charge in [0.15, 0.2) is 0 Å². The van der Waals surface area contributed by atoms with E-state index in [4.69, 9.17) is 5.73 Å². The van der Waals surface area contributed by atoms with E-state index in [1.165, 1.54) is 25.0 Å². The van der Waals surface area contributed by atoms with Crippen LogP contribution in [0.2, 0.25) is 0 Å². The SMILES string of the molecule is C[C@@]12CC1(CN)C(C1CC1)=N2. The lowest BCUT2D eigenvalue weighted by molar-refractivity contribution is 0.503. The molecule has 0 bridgehead atoms. The van der Waals surface area contributed by atoms with Crippen molar-refractivity contribution in [1.82, 2.24) is 0 Å². The molecule has 2 nitrogen and oxygen atoms in total. The molecule has 0 aromatic rings. The highest BCUT2D eigenvalue weighted by Gasteiger charge is 2.74. The van der Waals surface area contributed by atoms with Crippen LogP contribution in [0.3, 0.4) is 0 Å². The van der Waals surface area contributed by atoms with Crippen LogP contribution in [0.4, 0.5) is 0 Å². The number of hydrogen-bond donors (Lipinski definition) is 1. The van der Waals surface area contributed by atoms with Crippen LogP contribution in [0, 0.1) is 11.3 Å². The predicted octanol–water partition coefficient (Wildman–Crippen LogP) is 0.958. The summed E-state index contributed by atoms with van der Waals surface area (Å²) in [5.41, 5.74) is 7.93. The van der Waals surface area contributed by atoms with Crippen molar-refractivity contribution in [2.45, 2.75) is 31.7 Å². The van der Waals surface area contributed by atoms with Gasteiger partial charge in [0.05, 0.1) is 5.54 Å². The maximum absolute atomic E-state index is 5.77. The molecule has 2 aliphatic carbocycles. The zero-order chi connectivity index (χ0) is 7.69. The zero-order valence-corrected chi connectivity index (χ0v) is 6.93. The lowest BCUT2D eigenvalue weighted by Gasteiger charge is -2.30. The van der Waals surface area contributed by atoms with Crippen molar-refractivity contribution >= 4 is 5.71 Å². The Kier molecular flexibility index (Phi) is 0.787. The number of fused-ring (bicyclic) bond motifs is 1. The number of rotatable bonds is 2. The molecule has 0 aromatic heterocycles. The van der Waals surface area contributed by atoms with Gasteiger partial charge in [-0.1, -0.05) is 0 Å². The fourth-order valence-electron chi connectivity index (χ4n) is 2.61. The third-order valence-corrected chi connectivity index (χ3v) is 3.72. The third kappa shape index (κ3) is 0.496. The lowest BCUT2D eigenvalue weighted by atomic mass is 9.85. The van der Waals surface area contributed by atoms with Crippen molar-refractivity contribution < 1.29 is 0 Å². The molecule has 1 unspecified atom stereocenters. The van der Waals surface area contributed by atoms with Crippen molar-refractivity contribution in [3.8, 4) is 0 Å². The molecule has 0 saturated heterocycles. The summed E-state index contributed by atoms with van der Waals surface area (Å²) in [6, 6.07) is 0. The molecule has 3 rings (SSSR count). The van der Waals surface area contributed by atoms with E-state index in [9.17, 15) is 0 Å². The first kappa shape index (κ1) is 6.18. The Morgan fingerprint density at radius 1 is 1.64 bits per heavy atom. The van der Waals surface area contributed by atoms with E-state index in [0.717, 1.165) is 12.5 Å². The van der Waals surface area contributed by atoms with Crippen LogP contribution in [0.1, 0.15) is 26.2 Å². The summed E-state index contributed by atoms with van der Waals surface area (Å²) >= 11 is 0. The lowest BCUT2D eigenvalue weighted by Crippen LogP contribution is -2.42.